The van der Waals surface area contributed by atoms with Gasteiger partial charge < -0.3 is 14.2 Å². The summed E-state index contributed by atoms with van der Waals surface area (Å²) in [5, 5.41) is 0.251. The van der Waals surface area contributed by atoms with Gasteiger partial charge in [-0.3, -0.25) is 4.79 Å². The Hall–Kier alpha value is -2.34. The third-order valence-corrected chi connectivity index (χ3v) is 8.97. The van der Waals surface area contributed by atoms with Crippen molar-refractivity contribution < 1.29 is 23.8 Å². The van der Waals surface area contributed by atoms with Gasteiger partial charge in [-0.1, -0.05) is 41.1 Å². The molecule has 0 saturated heterocycles. The normalized spacial score (nSPS) is 29.4. The van der Waals surface area contributed by atoms with E-state index in [2.05, 4.69) is 28.9 Å². The van der Waals surface area contributed by atoms with Gasteiger partial charge in [0, 0.05) is 5.41 Å². The molecule has 0 bridgehead atoms. The van der Waals surface area contributed by atoms with Crippen LogP contribution in [0.2, 0.25) is 0 Å². The minimum atomic E-state index is -0.379. The zero-order chi connectivity index (χ0) is 23.9. The van der Waals surface area contributed by atoms with E-state index in [1.54, 1.807) is 19.2 Å². The van der Waals surface area contributed by atoms with E-state index in [0.29, 0.717) is 34.8 Å². The zero-order valence-corrected chi connectivity index (χ0v) is 21.3. The van der Waals surface area contributed by atoms with Crippen LogP contribution in [0, 0.1) is 17.3 Å². The van der Waals surface area contributed by atoms with E-state index < -0.39 is 0 Å². The SMILES string of the molecule is COc1cc2c(cc1OC(=O)c1ccccc1)CC[C@@H]1[C@@H]2CC[C@]2(C)[C@@H](OC(=O)CBr)CC[C@@H]12. The predicted octanol–water partition coefficient (Wildman–Crippen LogP) is 6.08. The number of hydrogen-bond donors (Lipinski definition) is 0. The summed E-state index contributed by atoms with van der Waals surface area (Å²) in [6, 6.07) is 13.1. The number of fused-ring (bicyclic) bond motifs is 5. The Morgan fingerprint density at radius 3 is 2.59 bits per heavy atom. The molecule has 6 heteroatoms. The molecule has 0 N–H and O–H groups in total. The molecule has 2 fully saturated rings. The summed E-state index contributed by atoms with van der Waals surface area (Å²) in [6.07, 6.45) is 6.25. The van der Waals surface area contributed by atoms with Crippen LogP contribution in [0.3, 0.4) is 0 Å². The Morgan fingerprint density at radius 2 is 1.85 bits per heavy atom. The minimum Gasteiger partial charge on any atom is -0.493 e. The number of carbonyl (C=O) groups excluding carboxylic acids is 2. The molecule has 0 radical (unpaired) electrons. The molecule has 5 nitrogen and oxygen atoms in total. The van der Waals surface area contributed by atoms with E-state index >= 15 is 0 Å². The van der Waals surface area contributed by atoms with E-state index in [-0.39, 0.29) is 28.8 Å². The lowest BCUT2D eigenvalue weighted by atomic mass is 9.55. The number of carbonyl (C=O) groups is 2. The van der Waals surface area contributed by atoms with Crippen molar-refractivity contribution in [3.63, 3.8) is 0 Å². The van der Waals surface area contributed by atoms with Gasteiger partial charge in [-0.2, -0.15) is 0 Å². The van der Waals surface area contributed by atoms with Crippen molar-refractivity contribution in [1.82, 2.24) is 0 Å². The summed E-state index contributed by atoms with van der Waals surface area (Å²) in [4.78, 5) is 24.6. The topological polar surface area (TPSA) is 61.8 Å². The van der Waals surface area contributed by atoms with Crippen LogP contribution < -0.4 is 9.47 Å². The molecule has 180 valence electrons. The van der Waals surface area contributed by atoms with Gasteiger partial charge in [0.05, 0.1) is 12.7 Å². The maximum Gasteiger partial charge on any atom is 0.343 e. The van der Waals surface area contributed by atoms with Crippen LogP contribution in [-0.4, -0.2) is 30.5 Å². The summed E-state index contributed by atoms with van der Waals surface area (Å²) in [6.45, 7) is 2.33. The maximum absolute atomic E-state index is 12.7. The Morgan fingerprint density at radius 1 is 1.06 bits per heavy atom. The maximum atomic E-state index is 12.7. The molecule has 34 heavy (non-hydrogen) atoms. The molecule has 3 aliphatic rings. The molecule has 0 aromatic heterocycles. The Balaban J connectivity index is 1.39. The molecule has 2 aromatic rings. The van der Waals surface area contributed by atoms with Crippen molar-refractivity contribution in [3.05, 3.63) is 59.2 Å². The average molecular weight is 527 g/mol. The van der Waals surface area contributed by atoms with Crippen molar-refractivity contribution >= 4 is 27.9 Å². The fourth-order valence-corrected chi connectivity index (χ4v) is 7.02. The molecular weight excluding hydrogens is 496 g/mol. The van der Waals surface area contributed by atoms with Gasteiger partial charge in [-0.25, -0.2) is 4.79 Å². The summed E-state index contributed by atoms with van der Waals surface area (Å²) in [5.41, 5.74) is 3.15. The molecule has 3 aliphatic carbocycles. The largest absolute Gasteiger partial charge is 0.493 e. The van der Waals surface area contributed by atoms with Gasteiger partial charge in [-0.05, 0) is 91.7 Å². The molecule has 0 unspecified atom stereocenters. The molecular formula is C28H31BrO5. The molecule has 2 saturated carbocycles. The van der Waals surface area contributed by atoms with E-state index in [1.165, 1.54) is 11.1 Å². The second kappa shape index (κ2) is 9.37. The highest BCUT2D eigenvalue weighted by atomic mass is 79.9. The Bertz CT molecular complexity index is 1080. The first kappa shape index (κ1) is 23.4. The number of benzene rings is 2. The highest BCUT2D eigenvalue weighted by molar-refractivity contribution is 9.09. The van der Waals surface area contributed by atoms with E-state index in [0.717, 1.165) is 38.5 Å². The first-order valence-electron chi connectivity index (χ1n) is 12.2. The van der Waals surface area contributed by atoms with Gasteiger partial charge >= 0.3 is 11.9 Å². The lowest BCUT2D eigenvalue weighted by Crippen LogP contribution is -2.45. The van der Waals surface area contributed by atoms with Gasteiger partial charge in [-0.15, -0.1) is 0 Å². The number of ether oxygens (including phenoxy) is 3. The molecule has 0 amide bonds. The number of hydrogen-bond acceptors (Lipinski definition) is 5. The number of esters is 2. The van der Waals surface area contributed by atoms with Crippen LogP contribution in [0.15, 0.2) is 42.5 Å². The van der Waals surface area contributed by atoms with Crippen molar-refractivity contribution in [2.75, 3.05) is 12.4 Å². The van der Waals surface area contributed by atoms with Crippen LogP contribution >= 0.6 is 15.9 Å². The monoisotopic (exact) mass is 526 g/mol. The van der Waals surface area contributed by atoms with Gasteiger partial charge in [0.25, 0.3) is 0 Å². The highest BCUT2D eigenvalue weighted by Gasteiger charge is 2.56. The van der Waals surface area contributed by atoms with Crippen LogP contribution in [-0.2, 0) is 16.0 Å². The molecule has 5 rings (SSSR count). The summed E-state index contributed by atoms with van der Waals surface area (Å²) < 4.78 is 17.3. The van der Waals surface area contributed by atoms with Crippen molar-refractivity contribution in [2.24, 2.45) is 17.3 Å². The first-order valence-corrected chi connectivity index (χ1v) is 13.3. The standard InChI is InChI=1S/C28H31BrO5/c1-28-13-12-19-20(22(28)10-11-25(28)34-26(30)16-29)9-8-18-14-24(23(32-2)15-21(18)19)33-27(31)17-6-4-3-5-7-17/h3-7,14-15,19-20,22,25H,8-13,16H2,1-2H3/t19-,20+,22-,25-,28-/m0/s1. The summed E-state index contributed by atoms with van der Waals surface area (Å²) >= 11 is 3.23. The first-order chi connectivity index (χ1) is 16.4. The van der Waals surface area contributed by atoms with Gasteiger partial charge in [0.1, 0.15) is 11.4 Å². The van der Waals surface area contributed by atoms with Crippen LogP contribution in [0.25, 0.3) is 0 Å². The third-order valence-electron chi connectivity index (χ3n) is 8.52. The fourth-order valence-electron chi connectivity index (χ4n) is 6.89. The van der Waals surface area contributed by atoms with E-state index in [4.69, 9.17) is 14.2 Å². The Kier molecular flexibility index (Phi) is 6.45. The molecule has 2 aromatic carbocycles. The number of halogens is 1. The van der Waals surface area contributed by atoms with Crippen LogP contribution in [0.4, 0.5) is 0 Å². The Labute approximate surface area is 209 Å². The minimum absolute atomic E-state index is 0.0132. The molecule has 0 heterocycles. The molecule has 0 aliphatic heterocycles. The van der Waals surface area contributed by atoms with Gasteiger partial charge in [0.15, 0.2) is 11.5 Å². The fraction of sp³-hybridized carbons (Fsp3) is 0.500. The molecule has 0 spiro atoms. The second-order valence-corrected chi connectivity index (χ2v) is 10.7. The summed E-state index contributed by atoms with van der Waals surface area (Å²) in [5.74, 6) is 2.13. The lowest BCUT2D eigenvalue weighted by molar-refractivity contribution is -0.154. The smallest absolute Gasteiger partial charge is 0.343 e. The highest BCUT2D eigenvalue weighted by Crippen LogP contribution is 2.62. The van der Waals surface area contributed by atoms with Gasteiger partial charge in [0.2, 0.25) is 0 Å². The zero-order valence-electron chi connectivity index (χ0n) is 19.7. The van der Waals surface area contributed by atoms with E-state index in [9.17, 15) is 9.59 Å². The number of methoxy groups -OCH3 is 1. The number of alkyl halides is 1. The van der Waals surface area contributed by atoms with Crippen molar-refractivity contribution in [1.29, 1.82) is 0 Å². The van der Waals surface area contributed by atoms with Crippen LogP contribution in [0.1, 0.15) is 66.4 Å². The summed E-state index contributed by atoms with van der Waals surface area (Å²) in [7, 11) is 1.62. The lowest BCUT2D eigenvalue weighted by Gasteiger charge is -2.50. The van der Waals surface area contributed by atoms with Crippen LogP contribution in [0.5, 0.6) is 11.5 Å². The third kappa shape index (κ3) is 4.04. The molecule has 5 atom stereocenters. The number of rotatable bonds is 5. The van der Waals surface area contributed by atoms with Crippen molar-refractivity contribution in [2.45, 2.75) is 57.5 Å². The quantitative estimate of drug-likeness (QED) is 0.268. The van der Waals surface area contributed by atoms with E-state index in [1.807, 2.05) is 24.3 Å². The van der Waals surface area contributed by atoms with Crippen molar-refractivity contribution in [3.8, 4) is 11.5 Å². The number of aryl methyl sites for hydroxylation is 1. The average Bonchev–Trinajstić information content (AvgIpc) is 3.19. The second-order valence-electron chi connectivity index (χ2n) is 10.1. The predicted molar refractivity (Wildman–Crippen MR) is 133 cm³/mol.